The summed E-state index contributed by atoms with van der Waals surface area (Å²) in [4.78, 5) is 4.80. The highest BCUT2D eigenvalue weighted by molar-refractivity contribution is 6.32. The molecule has 4 rings (SSSR count). The van der Waals surface area contributed by atoms with Gasteiger partial charge in [-0.2, -0.15) is 5.10 Å². The van der Waals surface area contributed by atoms with Gasteiger partial charge in [-0.1, -0.05) is 23.7 Å². The maximum atomic E-state index is 6.23. The number of halogens is 1. The number of piperazine rings is 1. The van der Waals surface area contributed by atoms with E-state index in [9.17, 15) is 0 Å². The molecule has 1 aliphatic heterocycles. The molecule has 0 aliphatic carbocycles. The normalized spacial score (nSPS) is 15.1. The molecule has 5 nitrogen and oxygen atoms in total. The van der Waals surface area contributed by atoms with Crippen molar-refractivity contribution in [1.82, 2.24) is 15.1 Å². The molecule has 0 atom stereocenters. The van der Waals surface area contributed by atoms with Gasteiger partial charge in [0.15, 0.2) is 0 Å². The van der Waals surface area contributed by atoms with Gasteiger partial charge in [0.05, 0.1) is 23.5 Å². The van der Waals surface area contributed by atoms with E-state index in [-0.39, 0.29) is 0 Å². The number of methoxy groups -OCH3 is 1. The van der Waals surface area contributed by atoms with Crippen LogP contribution in [0.15, 0.2) is 48.5 Å². The number of anilines is 1. The van der Waals surface area contributed by atoms with Crippen LogP contribution >= 0.6 is 11.6 Å². The SMILES string of the molecule is COc1ccc(-c2cc(-c3ccc(N4CCN(C)CC4)cc3)[nH]n2)cc1Cl. The van der Waals surface area contributed by atoms with E-state index in [1.165, 1.54) is 5.69 Å². The van der Waals surface area contributed by atoms with Crippen molar-refractivity contribution in [3.63, 3.8) is 0 Å². The Balaban J connectivity index is 1.52. The maximum absolute atomic E-state index is 6.23. The summed E-state index contributed by atoms with van der Waals surface area (Å²) in [5.74, 6) is 0.663. The molecule has 27 heavy (non-hydrogen) atoms. The molecular formula is C21H23ClN4O. The second-order valence-electron chi connectivity index (χ2n) is 6.85. The molecule has 1 aromatic heterocycles. The van der Waals surface area contributed by atoms with Gasteiger partial charge in [-0.25, -0.2) is 0 Å². The fraction of sp³-hybridized carbons (Fsp3) is 0.286. The third kappa shape index (κ3) is 3.80. The molecule has 2 heterocycles. The Labute approximate surface area is 164 Å². The Morgan fingerprint density at radius 3 is 2.33 bits per heavy atom. The quantitative estimate of drug-likeness (QED) is 0.736. The van der Waals surface area contributed by atoms with Crippen LogP contribution in [0, 0.1) is 0 Å². The molecule has 3 aromatic rings. The van der Waals surface area contributed by atoms with Crippen molar-refractivity contribution in [2.45, 2.75) is 0 Å². The molecule has 0 amide bonds. The van der Waals surface area contributed by atoms with Gasteiger partial charge in [-0.05, 0) is 49.0 Å². The fourth-order valence-electron chi connectivity index (χ4n) is 3.36. The molecule has 0 spiro atoms. The number of aromatic nitrogens is 2. The van der Waals surface area contributed by atoms with Gasteiger partial charge in [-0.3, -0.25) is 5.10 Å². The average molecular weight is 383 g/mol. The zero-order chi connectivity index (χ0) is 18.8. The smallest absolute Gasteiger partial charge is 0.137 e. The standard InChI is InChI=1S/C21H23ClN4O/c1-25-9-11-26(12-10-25)17-6-3-15(4-7-17)19-14-20(24-23-19)16-5-8-21(27-2)18(22)13-16/h3-8,13-14H,9-12H2,1-2H3,(H,23,24). The Bertz CT molecular complexity index is 914. The van der Waals surface area contributed by atoms with Gasteiger partial charge in [0.1, 0.15) is 5.75 Å². The van der Waals surface area contributed by atoms with Crippen molar-refractivity contribution in [2.75, 3.05) is 45.2 Å². The van der Waals surface area contributed by atoms with Crippen LogP contribution < -0.4 is 9.64 Å². The summed E-state index contributed by atoms with van der Waals surface area (Å²) in [5, 5.41) is 8.15. The molecule has 0 unspecified atom stereocenters. The largest absolute Gasteiger partial charge is 0.495 e. The maximum Gasteiger partial charge on any atom is 0.137 e. The van der Waals surface area contributed by atoms with E-state index in [0.29, 0.717) is 10.8 Å². The minimum atomic E-state index is 0.580. The molecule has 0 saturated carbocycles. The number of ether oxygens (including phenoxy) is 1. The molecule has 6 heteroatoms. The number of H-pyrrole nitrogens is 1. The third-order valence-electron chi connectivity index (χ3n) is 5.07. The summed E-state index contributed by atoms with van der Waals surface area (Å²) in [6.07, 6.45) is 0. The number of aromatic amines is 1. The predicted octanol–water partition coefficient (Wildman–Crippen LogP) is 4.16. The number of hydrogen-bond acceptors (Lipinski definition) is 4. The van der Waals surface area contributed by atoms with Crippen molar-refractivity contribution in [3.8, 4) is 28.3 Å². The highest BCUT2D eigenvalue weighted by Crippen LogP contribution is 2.31. The number of benzene rings is 2. The number of hydrogen-bond donors (Lipinski definition) is 1. The molecule has 1 N–H and O–H groups in total. The van der Waals surface area contributed by atoms with E-state index < -0.39 is 0 Å². The second-order valence-corrected chi connectivity index (χ2v) is 7.26. The number of likely N-dealkylation sites (N-methyl/N-ethyl adjacent to an activating group) is 1. The Kier molecular flexibility index (Phi) is 5.05. The lowest BCUT2D eigenvalue weighted by Gasteiger charge is -2.34. The molecular weight excluding hydrogens is 360 g/mol. The van der Waals surface area contributed by atoms with Gasteiger partial charge in [-0.15, -0.1) is 0 Å². The molecule has 1 fully saturated rings. The van der Waals surface area contributed by atoms with E-state index in [1.54, 1.807) is 7.11 Å². The Hall–Kier alpha value is -2.50. The molecule has 1 saturated heterocycles. The van der Waals surface area contributed by atoms with Crippen LogP contribution in [0.5, 0.6) is 5.75 Å². The first kappa shape index (κ1) is 17.9. The first-order valence-corrected chi connectivity index (χ1v) is 9.45. The van der Waals surface area contributed by atoms with Crippen LogP contribution in [0.2, 0.25) is 5.02 Å². The summed E-state index contributed by atoms with van der Waals surface area (Å²) in [7, 11) is 3.78. The summed E-state index contributed by atoms with van der Waals surface area (Å²) in [6.45, 7) is 4.36. The summed E-state index contributed by atoms with van der Waals surface area (Å²) in [5.41, 5.74) is 5.19. The molecule has 140 valence electrons. The average Bonchev–Trinajstić information content (AvgIpc) is 3.19. The molecule has 0 bridgehead atoms. The monoisotopic (exact) mass is 382 g/mol. The second kappa shape index (κ2) is 7.62. The van der Waals surface area contributed by atoms with E-state index in [1.807, 2.05) is 24.3 Å². The minimum absolute atomic E-state index is 0.580. The van der Waals surface area contributed by atoms with Gasteiger partial charge in [0.25, 0.3) is 0 Å². The fourth-order valence-corrected chi connectivity index (χ4v) is 3.62. The minimum Gasteiger partial charge on any atom is -0.495 e. The van der Waals surface area contributed by atoms with Crippen molar-refractivity contribution in [3.05, 3.63) is 53.6 Å². The summed E-state index contributed by atoms with van der Waals surface area (Å²) < 4.78 is 5.21. The predicted molar refractivity (Wildman–Crippen MR) is 111 cm³/mol. The van der Waals surface area contributed by atoms with Crippen molar-refractivity contribution < 1.29 is 4.74 Å². The van der Waals surface area contributed by atoms with E-state index in [2.05, 4.69) is 51.3 Å². The Morgan fingerprint density at radius 2 is 1.67 bits per heavy atom. The number of nitrogens with one attached hydrogen (secondary N) is 1. The van der Waals surface area contributed by atoms with Crippen molar-refractivity contribution >= 4 is 17.3 Å². The van der Waals surface area contributed by atoms with E-state index in [4.69, 9.17) is 16.3 Å². The lowest BCUT2D eigenvalue weighted by molar-refractivity contribution is 0.313. The van der Waals surface area contributed by atoms with Crippen LogP contribution in [-0.2, 0) is 0 Å². The van der Waals surface area contributed by atoms with Gasteiger partial charge in [0, 0.05) is 37.4 Å². The molecule has 2 aromatic carbocycles. The summed E-state index contributed by atoms with van der Waals surface area (Å²) in [6, 6.07) is 16.4. The highest BCUT2D eigenvalue weighted by atomic mass is 35.5. The Morgan fingerprint density at radius 1 is 0.963 bits per heavy atom. The van der Waals surface area contributed by atoms with E-state index >= 15 is 0 Å². The van der Waals surface area contributed by atoms with Gasteiger partial charge >= 0.3 is 0 Å². The first-order valence-electron chi connectivity index (χ1n) is 9.07. The highest BCUT2D eigenvalue weighted by Gasteiger charge is 2.14. The number of nitrogens with zero attached hydrogens (tertiary/aromatic N) is 3. The lowest BCUT2D eigenvalue weighted by atomic mass is 10.1. The van der Waals surface area contributed by atoms with Crippen LogP contribution in [0.4, 0.5) is 5.69 Å². The van der Waals surface area contributed by atoms with Crippen LogP contribution in [-0.4, -0.2) is 55.4 Å². The van der Waals surface area contributed by atoms with Crippen LogP contribution in [0.3, 0.4) is 0 Å². The van der Waals surface area contributed by atoms with Crippen molar-refractivity contribution in [1.29, 1.82) is 0 Å². The number of rotatable bonds is 4. The molecule has 1 aliphatic rings. The van der Waals surface area contributed by atoms with Gasteiger partial charge in [0.2, 0.25) is 0 Å². The van der Waals surface area contributed by atoms with Crippen LogP contribution in [0.1, 0.15) is 0 Å². The first-order chi connectivity index (χ1) is 13.1. The van der Waals surface area contributed by atoms with Crippen LogP contribution in [0.25, 0.3) is 22.5 Å². The topological polar surface area (TPSA) is 44.4 Å². The zero-order valence-electron chi connectivity index (χ0n) is 15.6. The zero-order valence-corrected chi connectivity index (χ0v) is 16.3. The van der Waals surface area contributed by atoms with E-state index in [0.717, 1.165) is 48.7 Å². The lowest BCUT2D eigenvalue weighted by Crippen LogP contribution is -2.44. The third-order valence-corrected chi connectivity index (χ3v) is 5.37. The van der Waals surface area contributed by atoms with Gasteiger partial charge < -0.3 is 14.5 Å². The summed E-state index contributed by atoms with van der Waals surface area (Å²) >= 11 is 6.23. The molecule has 0 radical (unpaired) electrons. The van der Waals surface area contributed by atoms with Crippen molar-refractivity contribution in [2.24, 2.45) is 0 Å².